The van der Waals surface area contributed by atoms with E-state index in [0.29, 0.717) is 36.7 Å². The van der Waals surface area contributed by atoms with Gasteiger partial charge in [-0.15, -0.1) is 0 Å². The maximum absolute atomic E-state index is 13.0. The fourth-order valence-corrected chi connectivity index (χ4v) is 2.85. The Bertz CT molecular complexity index is 901. The number of aryl methyl sites for hydroxylation is 1. The van der Waals surface area contributed by atoms with Crippen molar-refractivity contribution in [3.05, 3.63) is 53.5 Å². The first-order chi connectivity index (χ1) is 14.3. The van der Waals surface area contributed by atoms with Gasteiger partial charge in [0.1, 0.15) is 18.1 Å². The van der Waals surface area contributed by atoms with Crippen LogP contribution in [0, 0.1) is 18.3 Å². The topological polar surface area (TPSA) is 98.8 Å². The van der Waals surface area contributed by atoms with Crippen molar-refractivity contribution in [2.24, 2.45) is 0 Å². The molecule has 3 amide bonds. The lowest BCUT2D eigenvalue weighted by Crippen LogP contribution is -2.47. The minimum Gasteiger partial charge on any atom is -0.464 e. The molecule has 0 bridgehead atoms. The van der Waals surface area contributed by atoms with Crippen molar-refractivity contribution in [3.8, 4) is 6.07 Å². The Morgan fingerprint density at radius 1 is 1.27 bits per heavy atom. The monoisotopic (exact) mass is 412 g/mol. The Morgan fingerprint density at radius 2 is 2.03 bits per heavy atom. The Morgan fingerprint density at radius 3 is 2.63 bits per heavy atom. The summed E-state index contributed by atoms with van der Waals surface area (Å²) in [6, 6.07) is 11.7. The first kappa shape index (κ1) is 23.0. The van der Waals surface area contributed by atoms with Gasteiger partial charge < -0.3 is 24.3 Å². The summed E-state index contributed by atoms with van der Waals surface area (Å²) in [5, 5.41) is 11.8. The van der Waals surface area contributed by atoms with Crippen LogP contribution in [0.3, 0.4) is 0 Å². The first-order valence-corrected chi connectivity index (χ1v) is 9.73. The molecule has 0 aliphatic heterocycles. The molecule has 8 heteroatoms. The average molecular weight is 412 g/mol. The van der Waals surface area contributed by atoms with E-state index in [2.05, 4.69) is 5.32 Å². The molecule has 1 aromatic carbocycles. The largest absolute Gasteiger partial charge is 0.464 e. The zero-order chi connectivity index (χ0) is 22.1. The van der Waals surface area contributed by atoms with Gasteiger partial charge in [0.05, 0.1) is 24.8 Å². The number of methoxy groups -OCH3 is 1. The van der Waals surface area contributed by atoms with Crippen LogP contribution in [0.25, 0.3) is 0 Å². The number of nitriles is 1. The highest BCUT2D eigenvalue weighted by molar-refractivity contribution is 5.92. The zero-order valence-corrected chi connectivity index (χ0v) is 17.8. The van der Waals surface area contributed by atoms with Crippen LogP contribution in [0.2, 0.25) is 0 Å². The normalized spacial score (nSPS) is 10.5. The predicted molar refractivity (Wildman–Crippen MR) is 113 cm³/mol. The van der Waals surface area contributed by atoms with E-state index in [-0.39, 0.29) is 18.5 Å². The van der Waals surface area contributed by atoms with E-state index in [1.54, 1.807) is 36.3 Å². The van der Waals surface area contributed by atoms with E-state index in [0.717, 1.165) is 5.76 Å². The second-order valence-corrected chi connectivity index (χ2v) is 7.16. The number of anilines is 1. The van der Waals surface area contributed by atoms with Crippen LogP contribution in [0.1, 0.15) is 30.9 Å². The third-order valence-corrected chi connectivity index (χ3v) is 4.49. The third-order valence-electron chi connectivity index (χ3n) is 4.49. The van der Waals surface area contributed by atoms with Gasteiger partial charge in [-0.1, -0.05) is 6.07 Å². The summed E-state index contributed by atoms with van der Waals surface area (Å²) in [5.74, 6) is 1.23. The van der Waals surface area contributed by atoms with Gasteiger partial charge in [0.25, 0.3) is 0 Å². The lowest BCUT2D eigenvalue weighted by atomic mass is 10.2. The van der Waals surface area contributed by atoms with Gasteiger partial charge in [-0.05, 0) is 51.1 Å². The molecule has 1 aromatic heterocycles. The maximum Gasteiger partial charge on any atom is 0.322 e. The molecular formula is C22H28N4O4. The SMILES string of the molecule is COCCN(Cc1ccc(C)o1)C(=O)CN(C(=O)Nc1cccc(C#N)c1)C(C)C. The van der Waals surface area contributed by atoms with E-state index in [4.69, 9.17) is 14.4 Å². The van der Waals surface area contributed by atoms with Crippen molar-refractivity contribution in [2.75, 3.05) is 32.1 Å². The molecule has 0 spiro atoms. The summed E-state index contributed by atoms with van der Waals surface area (Å²) in [6.07, 6.45) is 0. The molecule has 0 aliphatic carbocycles. The number of rotatable bonds is 9. The fraction of sp³-hybridized carbons (Fsp3) is 0.409. The number of nitrogens with one attached hydrogen (secondary N) is 1. The van der Waals surface area contributed by atoms with Gasteiger partial charge in [-0.3, -0.25) is 4.79 Å². The Hall–Kier alpha value is -3.31. The van der Waals surface area contributed by atoms with Crippen molar-refractivity contribution >= 4 is 17.6 Å². The predicted octanol–water partition coefficient (Wildman–Crippen LogP) is 3.38. The van der Waals surface area contributed by atoms with Gasteiger partial charge in [0.15, 0.2) is 0 Å². The number of amides is 3. The molecule has 0 radical (unpaired) electrons. The van der Waals surface area contributed by atoms with Crippen LogP contribution in [-0.2, 0) is 16.1 Å². The molecule has 1 N–H and O–H groups in total. The Balaban J connectivity index is 2.10. The Kier molecular flexibility index (Phi) is 8.44. The first-order valence-electron chi connectivity index (χ1n) is 9.73. The van der Waals surface area contributed by atoms with Crippen molar-refractivity contribution in [1.82, 2.24) is 9.80 Å². The van der Waals surface area contributed by atoms with Crippen molar-refractivity contribution in [3.63, 3.8) is 0 Å². The second-order valence-electron chi connectivity index (χ2n) is 7.16. The molecule has 0 saturated carbocycles. The molecule has 0 fully saturated rings. The number of hydrogen-bond donors (Lipinski definition) is 1. The van der Waals surface area contributed by atoms with Crippen molar-refractivity contribution in [1.29, 1.82) is 5.26 Å². The van der Waals surface area contributed by atoms with Gasteiger partial charge >= 0.3 is 6.03 Å². The number of carbonyl (C=O) groups excluding carboxylic acids is 2. The molecule has 8 nitrogen and oxygen atoms in total. The van der Waals surface area contributed by atoms with Crippen LogP contribution < -0.4 is 5.32 Å². The fourth-order valence-electron chi connectivity index (χ4n) is 2.85. The number of carbonyl (C=O) groups is 2. The van der Waals surface area contributed by atoms with Gasteiger partial charge in [-0.25, -0.2) is 4.79 Å². The van der Waals surface area contributed by atoms with E-state index >= 15 is 0 Å². The van der Waals surface area contributed by atoms with Gasteiger partial charge in [-0.2, -0.15) is 5.26 Å². The van der Waals surface area contributed by atoms with E-state index in [1.807, 2.05) is 39.0 Å². The summed E-state index contributed by atoms with van der Waals surface area (Å²) in [6.45, 7) is 6.49. The van der Waals surface area contributed by atoms with Gasteiger partial charge in [0.2, 0.25) is 5.91 Å². The Labute approximate surface area is 177 Å². The number of ether oxygens (including phenoxy) is 1. The number of benzene rings is 1. The number of nitrogens with zero attached hydrogens (tertiary/aromatic N) is 3. The molecule has 0 atom stereocenters. The van der Waals surface area contributed by atoms with Crippen LogP contribution in [0.15, 0.2) is 40.8 Å². The van der Waals surface area contributed by atoms with Gasteiger partial charge in [0, 0.05) is 25.4 Å². The van der Waals surface area contributed by atoms with Crippen LogP contribution in [0.4, 0.5) is 10.5 Å². The molecule has 160 valence electrons. The smallest absolute Gasteiger partial charge is 0.322 e. The molecule has 1 heterocycles. The molecule has 0 aliphatic rings. The summed E-state index contributed by atoms with van der Waals surface area (Å²) in [5.41, 5.74) is 0.943. The molecular weight excluding hydrogens is 384 g/mol. The number of furan rings is 1. The molecule has 0 saturated heterocycles. The van der Waals surface area contributed by atoms with Crippen LogP contribution >= 0.6 is 0 Å². The molecule has 2 rings (SSSR count). The van der Waals surface area contributed by atoms with E-state index in [1.165, 1.54) is 4.90 Å². The minimum absolute atomic E-state index is 0.0924. The second kappa shape index (κ2) is 11.0. The highest BCUT2D eigenvalue weighted by Gasteiger charge is 2.24. The van der Waals surface area contributed by atoms with Crippen molar-refractivity contribution in [2.45, 2.75) is 33.4 Å². The molecule has 0 unspecified atom stereocenters. The van der Waals surface area contributed by atoms with Crippen LogP contribution in [-0.4, -0.2) is 54.6 Å². The summed E-state index contributed by atoms with van der Waals surface area (Å²) in [4.78, 5) is 28.9. The lowest BCUT2D eigenvalue weighted by Gasteiger charge is -2.29. The van der Waals surface area contributed by atoms with Crippen LogP contribution in [0.5, 0.6) is 0 Å². The van der Waals surface area contributed by atoms with E-state index < -0.39 is 6.03 Å². The molecule has 2 aromatic rings. The average Bonchev–Trinajstić information content (AvgIpc) is 3.13. The van der Waals surface area contributed by atoms with E-state index in [9.17, 15) is 9.59 Å². The quantitative estimate of drug-likeness (QED) is 0.681. The van der Waals surface area contributed by atoms with Crippen molar-refractivity contribution < 1.29 is 18.7 Å². The number of hydrogen-bond acceptors (Lipinski definition) is 5. The molecule has 30 heavy (non-hydrogen) atoms. The lowest BCUT2D eigenvalue weighted by molar-refractivity contribution is -0.133. The highest BCUT2D eigenvalue weighted by Crippen LogP contribution is 2.14. The highest BCUT2D eigenvalue weighted by atomic mass is 16.5. The summed E-state index contributed by atoms with van der Waals surface area (Å²) in [7, 11) is 1.57. The standard InChI is InChI=1S/C22H28N4O4/c1-16(2)26(22(28)24-19-7-5-6-18(12-19)13-23)15-21(27)25(10-11-29-4)14-20-9-8-17(3)30-20/h5-9,12,16H,10-11,14-15H2,1-4H3,(H,24,28). The zero-order valence-electron chi connectivity index (χ0n) is 17.8. The summed E-state index contributed by atoms with van der Waals surface area (Å²) >= 11 is 0. The number of urea groups is 1. The maximum atomic E-state index is 13.0. The summed E-state index contributed by atoms with van der Waals surface area (Å²) < 4.78 is 10.7. The minimum atomic E-state index is -0.408. The third kappa shape index (κ3) is 6.64.